The van der Waals surface area contributed by atoms with Gasteiger partial charge in [0.15, 0.2) is 0 Å². The van der Waals surface area contributed by atoms with Crippen molar-refractivity contribution in [2.45, 2.75) is 56.3 Å². The number of nitrogens with zero attached hydrogens (tertiary/aromatic N) is 2. The van der Waals surface area contributed by atoms with Crippen molar-refractivity contribution in [3.63, 3.8) is 0 Å². The predicted molar refractivity (Wildman–Crippen MR) is 113 cm³/mol. The molecule has 7 nitrogen and oxygen atoms in total. The van der Waals surface area contributed by atoms with Crippen molar-refractivity contribution in [3.8, 4) is 0 Å². The monoisotopic (exact) mass is 431 g/mol. The lowest BCUT2D eigenvalue weighted by atomic mass is 9.86. The number of isocyanates is 1. The number of aliphatic imine (C=N–C) groups is 1. The van der Waals surface area contributed by atoms with Crippen LogP contribution < -0.4 is 5.14 Å². The van der Waals surface area contributed by atoms with E-state index in [2.05, 4.69) is 16.0 Å². The molecule has 5 rings (SSSR count). The summed E-state index contributed by atoms with van der Waals surface area (Å²) in [5, 5.41) is 4.82. The van der Waals surface area contributed by atoms with Crippen LogP contribution in [0.3, 0.4) is 0 Å². The molecule has 3 atom stereocenters. The first-order valence-corrected chi connectivity index (χ1v) is 12.6. The lowest BCUT2D eigenvalue weighted by Crippen LogP contribution is -2.56. The normalized spacial score (nSPS) is 28.8. The number of benzene rings is 1. The van der Waals surface area contributed by atoms with Gasteiger partial charge in [0.05, 0.1) is 11.8 Å². The van der Waals surface area contributed by atoms with E-state index in [1.165, 1.54) is 22.3 Å². The minimum Gasteiger partial charge on any atom is -0.378 e. The second-order valence-electron chi connectivity index (χ2n) is 9.37. The molecule has 1 aromatic carbocycles. The molecule has 0 bridgehead atoms. The van der Waals surface area contributed by atoms with Crippen LogP contribution in [0, 0.1) is 11.8 Å². The molecule has 1 aromatic rings. The van der Waals surface area contributed by atoms with Gasteiger partial charge in [-0.25, -0.2) is 18.4 Å². The number of carbonyl (C=O) groups excluding carboxylic acids is 1. The van der Waals surface area contributed by atoms with Gasteiger partial charge in [-0.2, -0.15) is 4.99 Å². The summed E-state index contributed by atoms with van der Waals surface area (Å²) < 4.78 is 29.0. The van der Waals surface area contributed by atoms with Crippen molar-refractivity contribution in [1.29, 1.82) is 0 Å². The highest BCUT2D eigenvalue weighted by molar-refractivity contribution is 7.89. The Labute approximate surface area is 177 Å². The zero-order chi connectivity index (χ0) is 20.9. The van der Waals surface area contributed by atoms with E-state index < -0.39 is 15.3 Å². The minimum atomic E-state index is -3.41. The fourth-order valence-electron chi connectivity index (χ4n) is 6.01. The molecule has 8 heteroatoms. The smallest absolute Gasteiger partial charge is 0.240 e. The molecule has 2 saturated heterocycles. The number of ether oxygens (including phenoxy) is 1. The first kappa shape index (κ1) is 20.3. The quantitative estimate of drug-likeness (QED) is 0.545. The van der Waals surface area contributed by atoms with Crippen LogP contribution in [0.2, 0.25) is 0 Å². The number of primary sulfonamides is 1. The summed E-state index contributed by atoms with van der Waals surface area (Å²) in [6.45, 7) is 2.78. The van der Waals surface area contributed by atoms with Crippen LogP contribution >= 0.6 is 0 Å². The van der Waals surface area contributed by atoms with Gasteiger partial charge >= 0.3 is 0 Å². The van der Waals surface area contributed by atoms with Crippen molar-refractivity contribution in [1.82, 2.24) is 4.90 Å². The van der Waals surface area contributed by atoms with Crippen molar-refractivity contribution < 1.29 is 17.9 Å². The maximum atomic E-state index is 11.4. The number of sulfonamides is 1. The van der Waals surface area contributed by atoms with Crippen molar-refractivity contribution in [2.75, 3.05) is 26.2 Å². The third-order valence-electron chi connectivity index (χ3n) is 7.61. The van der Waals surface area contributed by atoms with Crippen molar-refractivity contribution >= 4 is 21.8 Å². The van der Waals surface area contributed by atoms with Gasteiger partial charge < -0.3 is 9.64 Å². The molecule has 0 spiro atoms. The first-order valence-electron chi connectivity index (χ1n) is 11.0. The van der Waals surface area contributed by atoms with Crippen LogP contribution in [0.25, 0.3) is 0 Å². The van der Waals surface area contributed by atoms with E-state index in [1.807, 2.05) is 0 Å². The number of aryl methyl sites for hydroxylation is 1. The SMILES string of the molecule is NS(=O)(=O)C1CN(CCC2CCOC2C2Cc3cc4c(c(N=C=O)c3C2)CCC4)C1. The Kier molecular flexibility index (Phi) is 5.32. The summed E-state index contributed by atoms with van der Waals surface area (Å²) in [7, 11) is -3.41. The van der Waals surface area contributed by atoms with E-state index in [-0.39, 0.29) is 6.10 Å². The highest BCUT2D eigenvalue weighted by Gasteiger charge is 2.41. The highest BCUT2D eigenvalue weighted by atomic mass is 32.2. The van der Waals surface area contributed by atoms with E-state index in [1.54, 1.807) is 6.08 Å². The number of fused-ring (bicyclic) bond motifs is 2. The number of nitrogens with two attached hydrogens (primary N) is 1. The van der Waals surface area contributed by atoms with Crippen LogP contribution in [-0.4, -0.2) is 57.0 Å². The molecule has 30 heavy (non-hydrogen) atoms. The topological polar surface area (TPSA) is 102 Å². The largest absolute Gasteiger partial charge is 0.378 e. The van der Waals surface area contributed by atoms with E-state index in [0.29, 0.717) is 24.9 Å². The van der Waals surface area contributed by atoms with Gasteiger partial charge in [0, 0.05) is 19.7 Å². The van der Waals surface area contributed by atoms with E-state index >= 15 is 0 Å². The van der Waals surface area contributed by atoms with E-state index in [9.17, 15) is 13.2 Å². The Balaban J connectivity index is 1.25. The molecule has 2 aliphatic heterocycles. The molecule has 2 heterocycles. The molecular weight excluding hydrogens is 402 g/mol. The summed E-state index contributed by atoms with van der Waals surface area (Å²) in [6.07, 6.45) is 9.20. The van der Waals surface area contributed by atoms with Crippen molar-refractivity contribution in [3.05, 3.63) is 28.3 Å². The molecule has 0 amide bonds. The van der Waals surface area contributed by atoms with Gasteiger partial charge in [-0.3, -0.25) is 0 Å². The maximum absolute atomic E-state index is 11.4. The minimum absolute atomic E-state index is 0.218. The third kappa shape index (κ3) is 3.65. The molecule has 0 saturated carbocycles. The molecule has 3 unspecified atom stereocenters. The number of hydrogen-bond acceptors (Lipinski definition) is 6. The Bertz CT molecular complexity index is 996. The predicted octanol–water partition coefficient (Wildman–Crippen LogP) is 1.63. The average Bonchev–Trinajstić information content (AvgIpc) is 3.37. The molecule has 162 valence electrons. The average molecular weight is 432 g/mol. The van der Waals surface area contributed by atoms with Gasteiger partial charge in [0.1, 0.15) is 5.25 Å². The number of rotatable bonds is 6. The zero-order valence-corrected chi connectivity index (χ0v) is 18.0. The van der Waals surface area contributed by atoms with E-state index in [0.717, 1.165) is 63.8 Å². The van der Waals surface area contributed by atoms with Crippen LogP contribution in [0.1, 0.15) is 41.5 Å². The lowest BCUT2D eigenvalue weighted by Gasteiger charge is -2.38. The van der Waals surface area contributed by atoms with E-state index in [4.69, 9.17) is 9.88 Å². The molecule has 0 radical (unpaired) electrons. The van der Waals surface area contributed by atoms with Gasteiger partial charge in [0.2, 0.25) is 16.1 Å². The third-order valence-corrected chi connectivity index (χ3v) is 8.83. The highest BCUT2D eigenvalue weighted by Crippen LogP contribution is 2.45. The Hall–Kier alpha value is -1.57. The second-order valence-corrected chi connectivity index (χ2v) is 11.2. The van der Waals surface area contributed by atoms with Gasteiger partial charge in [-0.05, 0) is 85.6 Å². The Morgan fingerprint density at radius 1 is 1.20 bits per heavy atom. The van der Waals surface area contributed by atoms with Crippen molar-refractivity contribution in [2.24, 2.45) is 22.0 Å². The fourth-order valence-corrected chi connectivity index (χ4v) is 6.85. The Morgan fingerprint density at radius 2 is 2.03 bits per heavy atom. The molecule has 2 aliphatic carbocycles. The van der Waals surface area contributed by atoms with Crippen LogP contribution in [0.4, 0.5) is 5.69 Å². The molecule has 4 aliphatic rings. The van der Waals surface area contributed by atoms with Crippen LogP contribution in [-0.2, 0) is 45.2 Å². The van der Waals surface area contributed by atoms with Crippen LogP contribution in [0.5, 0.6) is 0 Å². The lowest BCUT2D eigenvalue weighted by molar-refractivity contribution is 0.0387. The molecule has 0 aromatic heterocycles. The molecule has 2 N–H and O–H groups in total. The summed E-state index contributed by atoms with van der Waals surface area (Å²) in [6, 6.07) is 2.35. The second kappa shape index (κ2) is 7.84. The van der Waals surface area contributed by atoms with Gasteiger partial charge in [-0.1, -0.05) is 6.07 Å². The summed E-state index contributed by atoms with van der Waals surface area (Å²) in [5.41, 5.74) is 6.07. The fraction of sp³-hybridized carbons (Fsp3) is 0.682. The number of likely N-dealkylation sites (tertiary alicyclic amines) is 1. The van der Waals surface area contributed by atoms with Gasteiger partial charge in [0.25, 0.3) is 0 Å². The standard InChI is InChI=1S/C22H29N3O4S/c23-30(27,28)18-11-25(12-18)6-4-14-5-7-29-22(14)17-9-16-8-15-2-1-3-19(15)21(24-13-26)20(16)10-17/h8,14,17-18,22H,1-7,9-12H2,(H2,23,27,28). The number of hydrogen-bond donors (Lipinski definition) is 1. The summed E-state index contributed by atoms with van der Waals surface area (Å²) in [4.78, 5) is 17.4. The zero-order valence-electron chi connectivity index (χ0n) is 17.2. The van der Waals surface area contributed by atoms with Crippen LogP contribution in [0.15, 0.2) is 11.1 Å². The first-order chi connectivity index (χ1) is 14.4. The summed E-state index contributed by atoms with van der Waals surface area (Å²) in [5.74, 6) is 0.909. The maximum Gasteiger partial charge on any atom is 0.240 e. The summed E-state index contributed by atoms with van der Waals surface area (Å²) >= 11 is 0. The molecular formula is C22H29N3O4S. The molecule has 2 fully saturated rings. The van der Waals surface area contributed by atoms with Gasteiger partial charge in [-0.15, -0.1) is 0 Å². The Morgan fingerprint density at radius 3 is 2.80 bits per heavy atom.